The third kappa shape index (κ3) is 10.5. The molecule has 0 spiro atoms. The van der Waals surface area contributed by atoms with Crippen molar-refractivity contribution in [1.82, 2.24) is 0 Å². The van der Waals surface area contributed by atoms with Gasteiger partial charge in [-0.05, 0) is 12.8 Å². The van der Waals surface area contributed by atoms with Gasteiger partial charge in [-0.15, -0.1) is 0 Å². The van der Waals surface area contributed by atoms with Gasteiger partial charge in [0.1, 0.15) is 0 Å². The normalized spacial score (nSPS) is 11.2. The van der Waals surface area contributed by atoms with Crippen LogP contribution in [0, 0.1) is 5.41 Å². The summed E-state index contributed by atoms with van der Waals surface area (Å²) in [7, 11) is -2.62. The maximum Gasteiger partial charge on any atom is 0.324 e. The van der Waals surface area contributed by atoms with Crippen LogP contribution in [0.5, 0.6) is 0 Å². The summed E-state index contributed by atoms with van der Waals surface area (Å²) >= 11 is 0. The van der Waals surface area contributed by atoms with Crippen molar-refractivity contribution < 1.29 is 24.9 Å². The first-order valence-electron chi connectivity index (χ1n) is 5.06. The predicted molar refractivity (Wildman–Crippen MR) is 60.0 cm³/mol. The van der Waals surface area contributed by atoms with E-state index in [9.17, 15) is 0 Å². The van der Waals surface area contributed by atoms with Crippen molar-refractivity contribution >= 4 is 8.60 Å². The SMILES string of the molecule is CCCCC(CC)(CO)CO.OP(O)O. The monoisotopic (exact) mass is 242 g/mol. The van der Waals surface area contributed by atoms with E-state index >= 15 is 0 Å². The van der Waals surface area contributed by atoms with E-state index in [1.165, 1.54) is 0 Å². The minimum Gasteiger partial charge on any atom is -0.396 e. The zero-order chi connectivity index (χ0) is 12.3. The smallest absolute Gasteiger partial charge is 0.324 e. The van der Waals surface area contributed by atoms with Crippen molar-refractivity contribution in [2.75, 3.05) is 13.2 Å². The Morgan fingerprint density at radius 1 is 1.00 bits per heavy atom. The molecular weight excluding hydrogens is 219 g/mol. The van der Waals surface area contributed by atoms with Gasteiger partial charge in [0.15, 0.2) is 0 Å². The zero-order valence-corrected chi connectivity index (χ0v) is 10.3. The second-order valence-corrected chi connectivity index (χ2v) is 4.08. The van der Waals surface area contributed by atoms with Crippen LogP contribution in [0.4, 0.5) is 0 Å². The number of hydrogen-bond donors (Lipinski definition) is 5. The molecule has 0 bridgehead atoms. The topological polar surface area (TPSA) is 101 Å². The first-order valence-corrected chi connectivity index (χ1v) is 6.26. The van der Waals surface area contributed by atoms with Gasteiger partial charge >= 0.3 is 8.60 Å². The van der Waals surface area contributed by atoms with Crippen molar-refractivity contribution in [2.24, 2.45) is 5.41 Å². The number of aliphatic hydroxyl groups is 2. The predicted octanol–water partition coefficient (Wildman–Crippen LogP) is 0.748. The van der Waals surface area contributed by atoms with E-state index < -0.39 is 8.60 Å². The van der Waals surface area contributed by atoms with E-state index in [1.54, 1.807) is 0 Å². The molecule has 0 aromatic heterocycles. The van der Waals surface area contributed by atoms with Gasteiger partial charge in [-0.3, -0.25) is 0 Å². The number of unbranched alkanes of at least 4 members (excludes halogenated alkanes) is 1. The summed E-state index contributed by atoms with van der Waals surface area (Å²) in [6.45, 7) is 4.36. The van der Waals surface area contributed by atoms with Gasteiger partial charge < -0.3 is 24.9 Å². The van der Waals surface area contributed by atoms with Gasteiger partial charge in [0.05, 0.1) is 13.2 Å². The molecule has 0 atom stereocenters. The molecule has 5 N–H and O–H groups in total. The number of aliphatic hydroxyl groups excluding tert-OH is 2. The largest absolute Gasteiger partial charge is 0.396 e. The molecule has 94 valence electrons. The van der Waals surface area contributed by atoms with Crippen LogP contribution in [0.25, 0.3) is 0 Å². The molecule has 0 radical (unpaired) electrons. The average molecular weight is 242 g/mol. The van der Waals surface area contributed by atoms with Crippen LogP contribution in [-0.4, -0.2) is 38.1 Å². The van der Waals surface area contributed by atoms with E-state index in [0.717, 1.165) is 25.7 Å². The first-order chi connectivity index (χ1) is 6.97. The molecule has 0 aliphatic carbocycles. The quantitative estimate of drug-likeness (QED) is 0.442. The molecule has 0 heterocycles. The Morgan fingerprint density at radius 2 is 1.40 bits per heavy atom. The highest BCUT2D eigenvalue weighted by molar-refractivity contribution is 7.38. The van der Waals surface area contributed by atoms with E-state index in [4.69, 9.17) is 24.9 Å². The fourth-order valence-electron chi connectivity index (χ4n) is 1.16. The molecule has 0 aliphatic rings. The molecule has 0 rings (SSSR count). The molecule has 15 heavy (non-hydrogen) atoms. The molecule has 0 unspecified atom stereocenters. The van der Waals surface area contributed by atoms with Crippen LogP contribution in [0.2, 0.25) is 0 Å². The zero-order valence-electron chi connectivity index (χ0n) is 9.43. The Bertz CT molecular complexity index is 117. The standard InChI is InChI=1S/C9H20O2.H3O3P/c1-3-5-6-9(4-2,7-10)8-11;1-4(2)3/h10-11H,3-8H2,1-2H3;1-3H. The molecule has 0 amide bonds. The lowest BCUT2D eigenvalue weighted by atomic mass is 9.82. The molecule has 0 saturated carbocycles. The van der Waals surface area contributed by atoms with Gasteiger partial charge in [-0.2, -0.15) is 0 Å². The van der Waals surface area contributed by atoms with E-state index in [-0.39, 0.29) is 18.6 Å². The van der Waals surface area contributed by atoms with Gasteiger partial charge in [-0.25, -0.2) is 0 Å². The van der Waals surface area contributed by atoms with Gasteiger partial charge in [0.25, 0.3) is 0 Å². The molecule has 0 fully saturated rings. The summed E-state index contributed by atoms with van der Waals surface area (Å²) in [6, 6.07) is 0. The Hall–Kier alpha value is 0.230. The Labute approximate surface area is 92.4 Å². The fraction of sp³-hybridized carbons (Fsp3) is 1.00. The summed E-state index contributed by atoms with van der Waals surface area (Å²) in [6.07, 6.45) is 4.02. The van der Waals surface area contributed by atoms with E-state index in [0.29, 0.717) is 0 Å². The molecular formula is C9H23O5P. The fourth-order valence-corrected chi connectivity index (χ4v) is 1.16. The number of rotatable bonds is 6. The van der Waals surface area contributed by atoms with Crippen molar-refractivity contribution in [3.8, 4) is 0 Å². The minimum absolute atomic E-state index is 0.111. The molecule has 0 aliphatic heterocycles. The van der Waals surface area contributed by atoms with Gasteiger partial charge in [-0.1, -0.05) is 26.7 Å². The summed E-state index contributed by atoms with van der Waals surface area (Å²) in [5, 5.41) is 18.1. The third-order valence-electron chi connectivity index (χ3n) is 2.48. The molecule has 6 heteroatoms. The van der Waals surface area contributed by atoms with Crippen LogP contribution in [-0.2, 0) is 0 Å². The molecule has 0 aromatic rings. The third-order valence-corrected chi connectivity index (χ3v) is 2.48. The molecule has 0 aromatic carbocycles. The van der Waals surface area contributed by atoms with Crippen LogP contribution < -0.4 is 0 Å². The van der Waals surface area contributed by atoms with Crippen molar-refractivity contribution in [3.63, 3.8) is 0 Å². The summed E-state index contributed by atoms with van der Waals surface area (Å²) in [4.78, 5) is 21.7. The van der Waals surface area contributed by atoms with Crippen LogP contribution >= 0.6 is 8.60 Å². The Kier molecular flexibility index (Phi) is 12.6. The lowest BCUT2D eigenvalue weighted by Gasteiger charge is -2.27. The van der Waals surface area contributed by atoms with Crippen molar-refractivity contribution in [2.45, 2.75) is 39.5 Å². The van der Waals surface area contributed by atoms with Crippen LogP contribution in [0.1, 0.15) is 39.5 Å². The van der Waals surface area contributed by atoms with E-state index in [2.05, 4.69) is 6.92 Å². The molecule has 5 nitrogen and oxygen atoms in total. The Balaban J connectivity index is 0. The first kappa shape index (κ1) is 17.6. The summed E-state index contributed by atoms with van der Waals surface area (Å²) < 4.78 is 0. The van der Waals surface area contributed by atoms with E-state index in [1.807, 2.05) is 6.92 Å². The van der Waals surface area contributed by atoms with Crippen LogP contribution in [0.3, 0.4) is 0 Å². The lowest BCUT2D eigenvalue weighted by Crippen LogP contribution is -2.28. The summed E-state index contributed by atoms with van der Waals surface area (Å²) in [5.74, 6) is 0. The summed E-state index contributed by atoms with van der Waals surface area (Å²) in [5.41, 5.74) is -0.212. The highest BCUT2D eigenvalue weighted by Crippen LogP contribution is 2.27. The number of hydrogen-bond acceptors (Lipinski definition) is 5. The second-order valence-electron chi connectivity index (χ2n) is 3.54. The van der Waals surface area contributed by atoms with Crippen molar-refractivity contribution in [3.05, 3.63) is 0 Å². The van der Waals surface area contributed by atoms with Gasteiger partial charge in [0.2, 0.25) is 0 Å². The molecule has 0 saturated heterocycles. The minimum atomic E-state index is -2.62. The van der Waals surface area contributed by atoms with Crippen molar-refractivity contribution in [1.29, 1.82) is 0 Å². The second kappa shape index (κ2) is 10.7. The highest BCUT2D eigenvalue weighted by Gasteiger charge is 2.25. The maximum atomic E-state index is 9.04. The lowest BCUT2D eigenvalue weighted by molar-refractivity contribution is 0.0420. The highest BCUT2D eigenvalue weighted by atomic mass is 31.2. The van der Waals surface area contributed by atoms with Gasteiger partial charge in [0, 0.05) is 5.41 Å². The maximum absolute atomic E-state index is 9.04. The average Bonchev–Trinajstić information content (AvgIpc) is 2.20. The van der Waals surface area contributed by atoms with Crippen LogP contribution in [0.15, 0.2) is 0 Å². The Morgan fingerprint density at radius 3 is 1.60 bits per heavy atom.